The highest BCUT2D eigenvalue weighted by Crippen LogP contribution is 2.43. The molecule has 1 atom stereocenters. The molecule has 94 valence electrons. The number of hydrogen-bond acceptors (Lipinski definition) is 2. The second-order valence-corrected chi connectivity index (χ2v) is 7.32. The van der Waals surface area contributed by atoms with Gasteiger partial charge in [-0.25, -0.2) is 0 Å². The third-order valence-corrected chi connectivity index (χ3v) is 5.17. The molecule has 2 N–H and O–H groups in total. The molecule has 1 unspecified atom stereocenters. The van der Waals surface area contributed by atoms with Crippen LogP contribution in [0, 0.1) is 5.92 Å². The van der Waals surface area contributed by atoms with E-state index < -0.39 is 13.3 Å². The van der Waals surface area contributed by atoms with Gasteiger partial charge in [-0.05, 0) is 12.3 Å². The van der Waals surface area contributed by atoms with E-state index in [1.165, 1.54) is 32.1 Å². The van der Waals surface area contributed by atoms with E-state index in [1.807, 2.05) is 0 Å². The molecule has 4 nitrogen and oxygen atoms in total. The molecule has 0 aromatic carbocycles. The van der Waals surface area contributed by atoms with E-state index in [4.69, 9.17) is 5.11 Å². The zero-order valence-electron chi connectivity index (χ0n) is 9.60. The van der Waals surface area contributed by atoms with Crippen LogP contribution in [0.4, 0.5) is 0 Å². The van der Waals surface area contributed by atoms with Crippen LogP contribution >= 0.6 is 7.37 Å². The van der Waals surface area contributed by atoms with Crippen LogP contribution in [0.3, 0.4) is 0 Å². The summed E-state index contributed by atoms with van der Waals surface area (Å²) < 4.78 is 11.7. The van der Waals surface area contributed by atoms with Gasteiger partial charge in [0.15, 0.2) is 0 Å². The van der Waals surface area contributed by atoms with Crippen molar-refractivity contribution in [3.63, 3.8) is 0 Å². The lowest BCUT2D eigenvalue weighted by Gasteiger charge is -2.22. The van der Waals surface area contributed by atoms with Gasteiger partial charge in [-0.15, -0.1) is 0 Å². The Labute approximate surface area is 96.5 Å². The van der Waals surface area contributed by atoms with Crippen LogP contribution in [0.5, 0.6) is 0 Å². The predicted octanol–water partition coefficient (Wildman–Crippen LogP) is 2.70. The molecule has 16 heavy (non-hydrogen) atoms. The Morgan fingerprint density at radius 3 is 2.38 bits per heavy atom. The lowest BCUT2D eigenvalue weighted by molar-refractivity contribution is -0.136. The van der Waals surface area contributed by atoms with Gasteiger partial charge in [-0.1, -0.05) is 32.1 Å². The maximum absolute atomic E-state index is 11.7. The summed E-state index contributed by atoms with van der Waals surface area (Å²) in [7, 11) is -3.19. The molecule has 1 aliphatic rings. The van der Waals surface area contributed by atoms with Crippen molar-refractivity contribution in [3.05, 3.63) is 0 Å². The Balaban J connectivity index is 2.23. The SMILES string of the molecule is O=C(O)CCP(=O)(O)CCC1CCCCC1. The molecule has 0 bridgehead atoms. The molecule has 0 aromatic heterocycles. The van der Waals surface area contributed by atoms with Crippen LogP contribution in [0.1, 0.15) is 44.9 Å². The minimum atomic E-state index is -3.19. The highest BCUT2D eigenvalue weighted by molar-refractivity contribution is 7.58. The quantitative estimate of drug-likeness (QED) is 0.709. The van der Waals surface area contributed by atoms with Crippen LogP contribution in [-0.2, 0) is 9.36 Å². The molecule has 0 heterocycles. The highest BCUT2D eigenvalue weighted by atomic mass is 31.2. The van der Waals surface area contributed by atoms with Crippen LogP contribution in [0.15, 0.2) is 0 Å². The summed E-state index contributed by atoms with van der Waals surface area (Å²) in [5.74, 6) is -0.411. The van der Waals surface area contributed by atoms with Crippen molar-refractivity contribution in [2.75, 3.05) is 12.3 Å². The van der Waals surface area contributed by atoms with Crippen LogP contribution < -0.4 is 0 Å². The summed E-state index contributed by atoms with van der Waals surface area (Å²) in [5, 5.41) is 8.46. The van der Waals surface area contributed by atoms with Crippen molar-refractivity contribution >= 4 is 13.3 Å². The number of carboxylic acids is 1. The predicted molar refractivity (Wildman–Crippen MR) is 63.0 cm³/mol. The van der Waals surface area contributed by atoms with E-state index in [1.54, 1.807) is 0 Å². The molecule has 0 saturated heterocycles. The van der Waals surface area contributed by atoms with Gasteiger partial charge in [0.1, 0.15) is 0 Å². The third kappa shape index (κ3) is 5.66. The average molecular weight is 248 g/mol. The molecule has 0 amide bonds. The fourth-order valence-corrected chi connectivity index (χ4v) is 3.78. The second-order valence-electron chi connectivity index (χ2n) is 4.73. The van der Waals surface area contributed by atoms with E-state index in [0.29, 0.717) is 12.1 Å². The van der Waals surface area contributed by atoms with E-state index in [0.717, 1.165) is 6.42 Å². The van der Waals surface area contributed by atoms with Gasteiger partial charge in [-0.3, -0.25) is 9.36 Å². The van der Waals surface area contributed by atoms with Crippen LogP contribution in [-0.4, -0.2) is 28.3 Å². The normalized spacial score (nSPS) is 21.6. The van der Waals surface area contributed by atoms with Crippen LogP contribution in [0.2, 0.25) is 0 Å². The Morgan fingerprint density at radius 1 is 1.19 bits per heavy atom. The largest absolute Gasteiger partial charge is 0.481 e. The summed E-state index contributed by atoms with van der Waals surface area (Å²) in [6, 6.07) is 0. The number of hydrogen-bond donors (Lipinski definition) is 2. The van der Waals surface area contributed by atoms with Gasteiger partial charge in [0.05, 0.1) is 6.42 Å². The van der Waals surface area contributed by atoms with E-state index >= 15 is 0 Å². The maximum Gasteiger partial charge on any atom is 0.303 e. The smallest absolute Gasteiger partial charge is 0.303 e. The Morgan fingerprint density at radius 2 is 1.81 bits per heavy atom. The minimum absolute atomic E-state index is 0.0744. The third-order valence-electron chi connectivity index (χ3n) is 3.29. The van der Waals surface area contributed by atoms with Crippen molar-refractivity contribution in [1.82, 2.24) is 0 Å². The molecule has 1 saturated carbocycles. The Hall–Kier alpha value is -0.340. The fourth-order valence-electron chi connectivity index (χ4n) is 2.24. The highest BCUT2D eigenvalue weighted by Gasteiger charge is 2.22. The van der Waals surface area contributed by atoms with Gasteiger partial charge in [0.2, 0.25) is 7.37 Å². The molecular formula is C11H21O4P. The summed E-state index contributed by atoms with van der Waals surface area (Å²) in [4.78, 5) is 19.9. The first-order valence-corrected chi connectivity index (χ1v) is 8.05. The lowest BCUT2D eigenvalue weighted by atomic mass is 9.88. The second kappa shape index (κ2) is 6.41. The van der Waals surface area contributed by atoms with Gasteiger partial charge in [-0.2, -0.15) is 0 Å². The van der Waals surface area contributed by atoms with Gasteiger partial charge < -0.3 is 10.00 Å². The standard InChI is InChI=1S/C11H21O4P/c12-11(13)7-9-16(14,15)8-6-10-4-2-1-3-5-10/h10H,1-9H2,(H,12,13)(H,14,15). The minimum Gasteiger partial charge on any atom is -0.481 e. The topological polar surface area (TPSA) is 74.6 Å². The van der Waals surface area contributed by atoms with Crippen molar-refractivity contribution in [2.24, 2.45) is 5.92 Å². The van der Waals surface area contributed by atoms with Gasteiger partial charge in [0.25, 0.3) is 0 Å². The molecule has 0 spiro atoms. The maximum atomic E-state index is 11.7. The molecular weight excluding hydrogens is 227 g/mol. The van der Waals surface area contributed by atoms with E-state index in [-0.39, 0.29) is 12.6 Å². The Kier molecular flexibility index (Phi) is 5.50. The summed E-state index contributed by atoms with van der Waals surface area (Å²) in [6.07, 6.45) is 6.89. The molecule has 0 aromatic rings. The van der Waals surface area contributed by atoms with Gasteiger partial charge in [0, 0.05) is 12.3 Å². The molecule has 1 aliphatic carbocycles. The average Bonchev–Trinajstić information content (AvgIpc) is 2.26. The number of rotatable bonds is 6. The van der Waals surface area contributed by atoms with Crippen molar-refractivity contribution in [2.45, 2.75) is 44.9 Å². The molecule has 0 aliphatic heterocycles. The summed E-state index contributed by atoms with van der Waals surface area (Å²) in [5.41, 5.74) is 0. The first-order chi connectivity index (χ1) is 7.49. The van der Waals surface area contributed by atoms with Crippen LogP contribution in [0.25, 0.3) is 0 Å². The van der Waals surface area contributed by atoms with E-state index in [9.17, 15) is 14.3 Å². The summed E-state index contributed by atoms with van der Waals surface area (Å²) >= 11 is 0. The zero-order valence-corrected chi connectivity index (χ0v) is 10.5. The molecule has 5 heteroatoms. The first-order valence-electron chi connectivity index (χ1n) is 6.02. The number of carbonyl (C=O) groups is 1. The first kappa shape index (κ1) is 13.7. The van der Waals surface area contributed by atoms with Crippen molar-refractivity contribution in [1.29, 1.82) is 0 Å². The van der Waals surface area contributed by atoms with E-state index in [2.05, 4.69) is 0 Å². The number of aliphatic carboxylic acids is 1. The summed E-state index contributed by atoms with van der Waals surface area (Å²) in [6.45, 7) is 0. The molecule has 0 radical (unpaired) electrons. The van der Waals surface area contributed by atoms with Gasteiger partial charge >= 0.3 is 5.97 Å². The molecule has 1 fully saturated rings. The zero-order chi connectivity index (χ0) is 12.0. The monoisotopic (exact) mass is 248 g/mol. The Bertz CT molecular complexity index is 271. The van der Waals surface area contributed by atoms with Crippen molar-refractivity contribution < 1.29 is 19.4 Å². The fraction of sp³-hybridized carbons (Fsp3) is 0.909. The van der Waals surface area contributed by atoms with Crippen molar-refractivity contribution in [3.8, 4) is 0 Å². The lowest BCUT2D eigenvalue weighted by Crippen LogP contribution is -2.09. The number of carboxylic acid groups (broad SMARTS) is 1. The molecule has 1 rings (SSSR count).